The van der Waals surface area contributed by atoms with E-state index in [4.69, 9.17) is 14.2 Å². The van der Waals surface area contributed by atoms with Gasteiger partial charge < -0.3 is 24.5 Å². The summed E-state index contributed by atoms with van der Waals surface area (Å²) in [7, 11) is 1.46. The first kappa shape index (κ1) is 31.1. The number of thiazole rings is 1. The minimum Gasteiger partial charge on any atom is -0.493 e. The molecule has 3 aromatic carbocycles. The predicted octanol–water partition coefficient (Wildman–Crippen LogP) is 4.74. The normalized spacial score (nSPS) is 18.5. The zero-order chi connectivity index (χ0) is 32.5. The molecule has 0 bridgehead atoms. The fourth-order valence-corrected chi connectivity index (χ4v) is 8.17. The molecule has 1 aromatic heterocycles. The number of esters is 1. The van der Waals surface area contributed by atoms with Crippen molar-refractivity contribution in [1.82, 2.24) is 4.98 Å². The summed E-state index contributed by atoms with van der Waals surface area (Å²) >= 11 is 2.16. The number of hydrogen-bond acceptors (Lipinski definition) is 10. The van der Waals surface area contributed by atoms with Crippen LogP contribution in [0.3, 0.4) is 0 Å². The van der Waals surface area contributed by atoms with Gasteiger partial charge in [0.05, 0.1) is 35.9 Å². The summed E-state index contributed by atoms with van der Waals surface area (Å²) in [5.41, 5.74) is 2.94. The van der Waals surface area contributed by atoms with E-state index in [1.165, 1.54) is 31.0 Å². The lowest BCUT2D eigenvalue weighted by molar-refractivity contribution is -0.122. The number of imide groups is 1. The first-order chi connectivity index (χ1) is 22.2. The number of nitrogens with zero attached hydrogens (tertiary/aromatic N) is 1. The number of H-pyrrole nitrogens is 1. The van der Waals surface area contributed by atoms with Gasteiger partial charge in [-0.1, -0.05) is 41.3 Å². The van der Waals surface area contributed by atoms with Gasteiger partial charge >= 0.3 is 10.8 Å². The van der Waals surface area contributed by atoms with Gasteiger partial charge in [-0.3, -0.25) is 19.2 Å². The number of carbonyl (C=O) groups excluding carboxylic acids is 4. The summed E-state index contributed by atoms with van der Waals surface area (Å²) in [6, 6.07) is 18.6. The molecule has 11 nitrogen and oxygen atoms in total. The maximum Gasteiger partial charge on any atom is 0.338 e. The topological polar surface area (TPSA) is 144 Å². The molecule has 2 N–H and O–H groups in total. The lowest BCUT2D eigenvalue weighted by Crippen LogP contribution is -2.32. The number of fused-ring (bicyclic) bond motifs is 2. The molecule has 2 aliphatic rings. The van der Waals surface area contributed by atoms with E-state index in [2.05, 4.69) is 10.3 Å². The van der Waals surface area contributed by atoms with Crippen LogP contribution in [0.1, 0.15) is 39.2 Å². The number of benzene rings is 3. The van der Waals surface area contributed by atoms with E-state index in [0.717, 1.165) is 21.8 Å². The highest BCUT2D eigenvalue weighted by Gasteiger charge is 2.56. The lowest BCUT2D eigenvalue weighted by Gasteiger charge is -2.30. The summed E-state index contributed by atoms with van der Waals surface area (Å²) in [6.07, 6.45) is 0. The Morgan fingerprint density at radius 3 is 2.48 bits per heavy atom. The van der Waals surface area contributed by atoms with Crippen LogP contribution in [0.4, 0.5) is 11.4 Å². The highest BCUT2D eigenvalue weighted by atomic mass is 32.2. The number of carbonyl (C=O) groups is 4. The van der Waals surface area contributed by atoms with Crippen LogP contribution in [0.15, 0.2) is 76.6 Å². The third-order valence-electron chi connectivity index (χ3n) is 7.67. The second kappa shape index (κ2) is 12.9. The van der Waals surface area contributed by atoms with Crippen LogP contribution in [-0.4, -0.2) is 54.2 Å². The Bertz CT molecular complexity index is 1900. The van der Waals surface area contributed by atoms with E-state index < -0.39 is 34.9 Å². The van der Waals surface area contributed by atoms with Crippen molar-refractivity contribution in [2.75, 3.05) is 30.5 Å². The molecule has 2 aliphatic heterocycles. The number of anilines is 2. The molecule has 13 heteroatoms. The number of thioether (sulfide) groups is 1. The zero-order valence-corrected chi connectivity index (χ0v) is 26.7. The molecule has 3 amide bonds. The number of methoxy groups -OCH3 is 1. The average Bonchev–Trinajstić information content (AvgIpc) is 3.54. The number of rotatable bonds is 9. The lowest BCUT2D eigenvalue weighted by atomic mass is 9.83. The molecule has 0 unspecified atom stereocenters. The minimum atomic E-state index is -0.822. The Hall–Kier alpha value is -4.88. The van der Waals surface area contributed by atoms with Crippen molar-refractivity contribution >= 4 is 58.2 Å². The van der Waals surface area contributed by atoms with Crippen molar-refractivity contribution in [3.8, 4) is 11.5 Å². The van der Waals surface area contributed by atoms with Crippen LogP contribution in [0.5, 0.6) is 11.5 Å². The fourth-order valence-electron chi connectivity index (χ4n) is 5.65. The van der Waals surface area contributed by atoms with Crippen molar-refractivity contribution in [3.05, 3.63) is 98.0 Å². The number of aryl methyl sites for hydroxylation is 1. The average molecular weight is 660 g/mol. The van der Waals surface area contributed by atoms with E-state index in [1.54, 1.807) is 43.3 Å². The Morgan fingerprint density at radius 2 is 1.76 bits per heavy atom. The summed E-state index contributed by atoms with van der Waals surface area (Å²) in [6.45, 7) is 3.59. The van der Waals surface area contributed by atoms with Gasteiger partial charge in [0, 0.05) is 16.5 Å². The number of hydrogen-bond donors (Lipinski definition) is 2. The molecule has 0 radical (unpaired) electrons. The molecule has 1 saturated heterocycles. The van der Waals surface area contributed by atoms with Crippen molar-refractivity contribution in [3.63, 3.8) is 0 Å². The SMILES string of the molecule is CCOC(=O)c1ccc(N2C(=O)[C@H]3[C@H](c4ccc(OCC(=O)Nc5cccc(C)c5)c(OC)c4)c4sc(=O)[nH]c4S[C@H]3C2=O)cc1. The molecule has 0 spiro atoms. The van der Waals surface area contributed by atoms with Gasteiger partial charge in [0.1, 0.15) is 5.25 Å². The summed E-state index contributed by atoms with van der Waals surface area (Å²) in [5.74, 6) is -2.52. The number of amides is 3. The minimum absolute atomic E-state index is 0.221. The Labute approximate surface area is 271 Å². The zero-order valence-electron chi connectivity index (χ0n) is 25.0. The van der Waals surface area contributed by atoms with Crippen molar-refractivity contribution in [2.45, 2.75) is 30.0 Å². The van der Waals surface area contributed by atoms with Crippen LogP contribution >= 0.6 is 23.1 Å². The highest BCUT2D eigenvalue weighted by molar-refractivity contribution is 8.00. The predicted molar refractivity (Wildman–Crippen MR) is 173 cm³/mol. The second-order valence-electron chi connectivity index (χ2n) is 10.6. The van der Waals surface area contributed by atoms with Gasteiger partial charge in [-0.2, -0.15) is 0 Å². The van der Waals surface area contributed by atoms with Crippen LogP contribution in [0.25, 0.3) is 0 Å². The molecule has 0 saturated carbocycles. The monoisotopic (exact) mass is 659 g/mol. The van der Waals surface area contributed by atoms with E-state index in [-0.39, 0.29) is 24.0 Å². The maximum atomic E-state index is 14.1. The maximum absolute atomic E-state index is 14.1. The van der Waals surface area contributed by atoms with Gasteiger partial charge in [0.15, 0.2) is 18.1 Å². The van der Waals surface area contributed by atoms with E-state index in [1.807, 2.05) is 25.1 Å². The van der Waals surface area contributed by atoms with Crippen LogP contribution in [0.2, 0.25) is 0 Å². The molecule has 236 valence electrons. The third-order valence-corrected chi connectivity index (χ3v) is 10.1. The summed E-state index contributed by atoms with van der Waals surface area (Å²) < 4.78 is 16.4. The number of ether oxygens (including phenoxy) is 3. The molecular formula is C33H29N3O8S2. The molecule has 3 atom stereocenters. The largest absolute Gasteiger partial charge is 0.493 e. The molecule has 3 heterocycles. The van der Waals surface area contributed by atoms with E-state index in [0.29, 0.717) is 43.9 Å². The molecule has 46 heavy (non-hydrogen) atoms. The van der Waals surface area contributed by atoms with Crippen molar-refractivity contribution in [2.24, 2.45) is 5.92 Å². The first-order valence-electron chi connectivity index (χ1n) is 14.4. The molecular weight excluding hydrogens is 631 g/mol. The fraction of sp³-hybridized carbons (Fsp3) is 0.242. The van der Waals surface area contributed by atoms with Gasteiger partial charge in [-0.15, -0.1) is 0 Å². The van der Waals surface area contributed by atoms with Gasteiger partial charge in [0.2, 0.25) is 11.8 Å². The van der Waals surface area contributed by atoms with Gasteiger partial charge in [-0.25, -0.2) is 9.69 Å². The van der Waals surface area contributed by atoms with Gasteiger partial charge in [-0.05, 0) is 73.5 Å². The summed E-state index contributed by atoms with van der Waals surface area (Å²) in [5, 5.41) is 2.53. The number of aromatic amines is 1. The van der Waals surface area contributed by atoms with Crippen molar-refractivity contribution < 1.29 is 33.4 Å². The summed E-state index contributed by atoms with van der Waals surface area (Å²) in [4.78, 5) is 69.3. The standard InChI is InChI=1S/C33H29N3O8S2/c1-4-43-32(40)18-8-11-21(12-9-18)36-30(38)26-25(27-29(35-33(41)46-27)45-28(26)31(36)39)19-10-13-22(23(15-19)42-3)44-16-24(37)34-20-7-5-6-17(2)14-20/h5-15,25-26,28H,4,16H2,1-3H3,(H,34,37)(H,35,41)/t25-,26-,28+/m0/s1. The molecule has 0 aliphatic carbocycles. The van der Waals surface area contributed by atoms with Crippen LogP contribution < -0.4 is 24.6 Å². The Kier molecular flexibility index (Phi) is 8.69. The first-order valence-corrected chi connectivity index (χ1v) is 16.1. The second-order valence-corrected chi connectivity index (χ2v) is 12.8. The third kappa shape index (κ3) is 5.90. The highest BCUT2D eigenvalue weighted by Crippen LogP contribution is 2.53. The van der Waals surface area contributed by atoms with Crippen LogP contribution in [0, 0.1) is 12.8 Å². The number of aromatic nitrogens is 1. The van der Waals surface area contributed by atoms with Crippen LogP contribution in [-0.2, 0) is 19.1 Å². The molecule has 4 aromatic rings. The van der Waals surface area contributed by atoms with Gasteiger partial charge in [0.25, 0.3) is 5.91 Å². The van der Waals surface area contributed by atoms with E-state index in [9.17, 15) is 24.0 Å². The molecule has 6 rings (SSSR count). The Morgan fingerprint density at radius 1 is 0.978 bits per heavy atom. The van der Waals surface area contributed by atoms with E-state index >= 15 is 0 Å². The van der Waals surface area contributed by atoms with Crippen molar-refractivity contribution in [1.29, 1.82) is 0 Å². The Balaban J connectivity index is 1.28. The number of nitrogens with one attached hydrogen (secondary N) is 2. The smallest absolute Gasteiger partial charge is 0.338 e. The molecule has 1 fully saturated rings. The quantitative estimate of drug-likeness (QED) is 0.192.